The fourth-order valence-electron chi connectivity index (χ4n) is 2.99. The molecule has 0 saturated carbocycles. The molecule has 30 heavy (non-hydrogen) atoms. The second-order valence-electron chi connectivity index (χ2n) is 8.13. The number of hydrogen-bond acceptors (Lipinski definition) is 5. The fourth-order valence-corrected chi connectivity index (χ4v) is 2.99. The molecule has 0 aromatic carbocycles. The summed E-state index contributed by atoms with van der Waals surface area (Å²) in [5.41, 5.74) is 0.442. The third-order valence-corrected chi connectivity index (χ3v) is 4.39. The predicted molar refractivity (Wildman–Crippen MR) is 129 cm³/mol. The number of ether oxygens (including phenoxy) is 2. The standard InChI is InChI=1S/C21H35N5O3.HI/c1-21(2,3)29-20(27)26(16-17-8-5-10-23-14-17)12-7-11-24-19(22-4)25-15-18-9-6-13-28-18;/h5,8,10,14,18H,6-7,9,11-13,15-16H2,1-4H3,(H2,22,24,25);1H. The van der Waals surface area contributed by atoms with Crippen molar-refractivity contribution < 1.29 is 14.3 Å². The van der Waals surface area contributed by atoms with E-state index in [9.17, 15) is 4.79 Å². The number of hydrogen-bond donors (Lipinski definition) is 2. The second-order valence-corrected chi connectivity index (χ2v) is 8.13. The van der Waals surface area contributed by atoms with Crippen LogP contribution in [0.1, 0.15) is 45.6 Å². The van der Waals surface area contributed by atoms with Gasteiger partial charge < -0.3 is 25.0 Å². The van der Waals surface area contributed by atoms with Crippen LogP contribution in [0.15, 0.2) is 29.5 Å². The summed E-state index contributed by atoms with van der Waals surface area (Å²) in [5, 5.41) is 6.59. The summed E-state index contributed by atoms with van der Waals surface area (Å²) in [6, 6.07) is 3.83. The Labute approximate surface area is 197 Å². The Bertz CT molecular complexity index is 646. The lowest BCUT2D eigenvalue weighted by atomic mass is 10.2. The molecule has 1 aliphatic heterocycles. The molecular formula is C21H36IN5O3. The zero-order valence-corrected chi connectivity index (χ0v) is 20.8. The van der Waals surface area contributed by atoms with Crippen LogP contribution in [0.2, 0.25) is 0 Å². The minimum absolute atomic E-state index is 0. The highest BCUT2D eigenvalue weighted by Gasteiger charge is 2.22. The minimum Gasteiger partial charge on any atom is -0.444 e. The first-order valence-corrected chi connectivity index (χ1v) is 10.3. The number of carbonyl (C=O) groups excluding carboxylic acids is 1. The summed E-state index contributed by atoms with van der Waals surface area (Å²) in [7, 11) is 1.75. The molecule has 1 unspecified atom stereocenters. The highest BCUT2D eigenvalue weighted by Crippen LogP contribution is 2.13. The lowest BCUT2D eigenvalue weighted by molar-refractivity contribution is 0.0232. The Hall–Kier alpha value is -1.62. The molecule has 2 N–H and O–H groups in total. The molecule has 2 rings (SSSR count). The maximum atomic E-state index is 12.6. The van der Waals surface area contributed by atoms with Crippen LogP contribution < -0.4 is 10.6 Å². The van der Waals surface area contributed by atoms with Gasteiger partial charge in [0.15, 0.2) is 5.96 Å². The van der Waals surface area contributed by atoms with Gasteiger partial charge >= 0.3 is 6.09 Å². The number of aromatic nitrogens is 1. The zero-order valence-electron chi connectivity index (χ0n) is 18.5. The van der Waals surface area contributed by atoms with E-state index in [2.05, 4.69) is 20.6 Å². The topological polar surface area (TPSA) is 88.1 Å². The van der Waals surface area contributed by atoms with Gasteiger partial charge in [0, 0.05) is 45.7 Å². The van der Waals surface area contributed by atoms with Crippen molar-refractivity contribution in [3.05, 3.63) is 30.1 Å². The summed E-state index contributed by atoms with van der Waals surface area (Å²) in [5.74, 6) is 0.747. The number of rotatable bonds is 8. The van der Waals surface area contributed by atoms with Crippen molar-refractivity contribution in [1.29, 1.82) is 0 Å². The molecule has 8 nitrogen and oxygen atoms in total. The van der Waals surface area contributed by atoms with Crippen molar-refractivity contribution in [1.82, 2.24) is 20.5 Å². The molecule has 1 fully saturated rings. The van der Waals surface area contributed by atoms with Crippen molar-refractivity contribution in [3.63, 3.8) is 0 Å². The summed E-state index contributed by atoms with van der Waals surface area (Å²) in [4.78, 5) is 22.7. The molecule has 9 heteroatoms. The smallest absolute Gasteiger partial charge is 0.410 e. The summed E-state index contributed by atoms with van der Waals surface area (Å²) in [6.45, 7) is 8.95. The van der Waals surface area contributed by atoms with E-state index >= 15 is 0 Å². The number of guanidine groups is 1. The van der Waals surface area contributed by atoms with Crippen LogP contribution >= 0.6 is 24.0 Å². The second kappa shape index (κ2) is 13.6. The van der Waals surface area contributed by atoms with Crippen LogP contribution in [0.3, 0.4) is 0 Å². The zero-order chi connectivity index (χ0) is 21.1. The van der Waals surface area contributed by atoms with Crippen LogP contribution in [-0.2, 0) is 16.0 Å². The van der Waals surface area contributed by atoms with Gasteiger partial charge in [0.05, 0.1) is 12.6 Å². The molecule has 0 radical (unpaired) electrons. The lowest BCUT2D eigenvalue weighted by Gasteiger charge is -2.27. The number of pyridine rings is 1. The largest absolute Gasteiger partial charge is 0.444 e. The van der Waals surface area contributed by atoms with E-state index in [1.54, 1.807) is 24.3 Å². The molecule has 170 valence electrons. The molecule has 0 bridgehead atoms. The number of aliphatic imine (C=N–C) groups is 1. The van der Waals surface area contributed by atoms with Crippen LogP contribution in [0, 0.1) is 0 Å². The molecule has 1 aliphatic rings. The highest BCUT2D eigenvalue weighted by molar-refractivity contribution is 14.0. The van der Waals surface area contributed by atoms with Crippen LogP contribution in [0.25, 0.3) is 0 Å². The molecule has 1 aromatic heterocycles. The van der Waals surface area contributed by atoms with E-state index in [1.165, 1.54) is 0 Å². The summed E-state index contributed by atoms with van der Waals surface area (Å²) < 4.78 is 11.2. The monoisotopic (exact) mass is 533 g/mol. The van der Waals surface area contributed by atoms with E-state index in [0.717, 1.165) is 43.9 Å². The SMILES string of the molecule is CN=C(NCCCN(Cc1cccnc1)C(=O)OC(C)(C)C)NCC1CCCO1.I. The van der Waals surface area contributed by atoms with Gasteiger partial charge in [-0.05, 0) is 51.7 Å². The average Bonchev–Trinajstić information content (AvgIpc) is 3.19. The van der Waals surface area contributed by atoms with Gasteiger partial charge in [-0.3, -0.25) is 9.98 Å². The molecule has 1 amide bonds. The van der Waals surface area contributed by atoms with E-state index in [1.807, 2.05) is 32.9 Å². The average molecular weight is 533 g/mol. The van der Waals surface area contributed by atoms with Crippen molar-refractivity contribution in [2.24, 2.45) is 4.99 Å². The Balaban J connectivity index is 0.00000450. The van der Waals surface area contributed by atoms with Crippen molar-refractivity contribution >= 4 is 36.0 Å². The van der Waals surface area contributed by atoms with Crippen molar-refractivity contribution in [2.75, 3.05) is 33.3 Å². The van der Waals surface area contributed by atoms with Gasteiger partial charge in [-0.15, -0.1) is 24.0 Å². The normalized spacial score (nSPS) is 16.5. The van der Waals surface area contributed by atoms with E-state index < -0.39 is 5.60 Å². The van der Waals surface area contributed by atoms with Crippen LogP contribution in [0.5, 0.6) is 0 Å². The van der Waals surface area contributed by atoms with Gasteiger partial charge in [0.1, 0.15) is 5.60 Å². The maximum absolute atomic E-state index is 12.6. The lowest BCUT2D eigenvalue weighted by Crippen LogP contribution is -2.42. The Kier molecular flexibility index (Phi) is 12.0. The minimum atomic E-state index is -0.531. The van der Waals surface area contributed by atoms with Gasteiger partial charge in [-0.25, -0.2) is 4.79 Å². The number of nitrogens with zero attached hydrogens (tertiary/aromatic N) is 3. The predicted octanol–water partition coefficient (Wildman–Crippen LogP) is 3.17. The van der Waals surface area contributed by atoms with Gasteiger partial charge in [0.25, 0.3) is 0 Å². The third-order valence-electron chi connectivity index (χ3n) is 4.39. The van der Waals surface area contributed by atoms with Crippen molar-refractivity contribution in [2.45, 2.75) is 58.3 Å². The molecular weight excluding hydrogens is 497 g/mol. The number of halogens is 1. The molecule has 1 atom stereocenters. The van der Waals surface area contributed by atoms with E-state index in [0.29, 0.717) is 19.6 Å². The van der Waals surface area contributed by atoms with Crippen LogP contribution in [-0.4, -0.2) is 66.9 Å². The molecule has 0 spiro atoms. The molecule has 1 aromatic rings. The third kappa shape index (κ3) is 10.4. The number of carbonyl (C=O) groups is 1. The Morgan fingerprint density at radius 3 is 2.80 bits per heavy atom. The van der Waals surface area contributed by atoms with Gasteiger partial charge in [-0.2, -0.15) is 0 Å². The molecule has 2 heterocycles. The summed E-state index contributed by atoms with van der Waals surface area (Å²) in [6.07, 6.45) is 6.41. The first kappa shape index (κ1) is 26.4. The van der Waals surface area contributed by atoms with E-state index in [4.69, 9.17) is 9.47 Å². The first-order valence-electron chi connectivity index (χ1n) is 10.3. The van der Waals surface area contributed by atoms with Crippen molar-refractivity contribution in [3.8, 4) is 0 Å². The summed E-state index contributed by atoms with van der Waals surface area (Å²) >= 11 is 0. The number of nitrogens with one attached hydrogen (secondary N) is 2. The highest BCUT2D eigenvalue weighted by atomic mass is 127. The van der Waals surface area contributed by atoms with Gasteiger partial charge in [0.2, 0.25) is 0 Å². The maximum Gasteiger partial charge on any atom is 0.410 e. The quantitative estimate of drug-likeness (QED) is 0.231. The van der Waals surface area contributed by atoms with Crippen LogP contribution in [0.4, 0.5) is 4.79 Å². The number of amides is 1. The Morgan fingerprint density at radius 1 is 1.40 bits per heavy atom. The molecule has 0 aliphatic carbocycles. The Morgan fingerprint density at radius 2 is 2.20 bits per heavy atom. The molecule has 1 saturated heterocycles. The van der Waals surface area contributed by atoms with Gasteiger partial charge in [-0.1, -0.05) is 6.07 Å². The first-order chi connectivity index (χ1) is 13.9. The fraction of sp³-hybridized carbons (Fsp3) is 0.667. The van der Waals surface area contributed by atoms with E-state index in [-0.39, 0.29) is 36.2 Å².